The van der Waals surface area contributed by atoms with E-state index < -0.39 is 0 Å². The fraction of sp³-hybridized carbons (Fsp3) is 0.875. The van der Waals surface area contributed by atoms with E-state index in [1.807, 2.05) is 6.92 Å². The van der Waals surface area contributed by atoms with Crippen LogP contribution < -0.4 is 58.2 Å². The Labute approximate surface area is 119 Å². The molecule has 0 N–H and O–H groups in total. The van der Waals surface area contributed by atoms with E-state index in [1.165, 1.54) is 0 Å². The van der Waals surface area contributed by atoms with E-state index in [0.29, 0.717) is 13.0 Å². The number of ether oxygens (including phenoxy) is 1. The zero-order valence-corrected chi connectivity index (χ0v) is 12.8. The monoisotopic (exact) mass is 230 g/mol. The maximum atomic E-state index is 10.7. The van der Waals surface area contributed by atoms with Crippen molar-refractivity contribution in [1.82, 2.24) is 0 Å². The van der Waals surface area contributed by atoms with Crippen molar-refractivity contribution in [2.75, 3.05) is 6.61 Å². The Morgan fingerprint density at radius 2 is 2.00 bits per heavy atom. The molecule has 0 amide bonds. The zero-order valence-electron chi connectivity index (χ0n) is 8.85. The molecular weight excluding hydrogens is 214 g/mol. The molecule has 0 unspecified atom stereocenters. The van der Waals surface area contributed by atoms with Gasteiger partial charge in [-0.1, -0.05) is 19.8 Å². The van der Waals surface area contributed by atoms with Gasteiger partial charge in [-0.15, -0.1) is 0 Å². The van der Waals surface area contributed by atoms with Crippen LogP contribution in [0.1, 0.15) is 41.0 Å². The number of unbranched alkanes of at least 4 members (excludes halogenated alkanes) is 2. The number of esters is 1. The van der Waals surface area contributed by atoms with Crippen LogP contribution in [0.3, 0.4) is 0 Å². The van der Waals surface area contributed by atoms with Gasteiger partial charge in [0.2, 0.25) is 0 Å². The Morgan fingerprint density at radius 1 is 1.36 bits per heavy atom. The summed E-state index contributed by atoms with van der Waals surface area (Å²) in [6.45, 7) is 4.45. The summed E-state index contributed by atoms with van der Waals surface area (Å²) >= 11 is 0. The maximum Gasteiger partial charge on any atom is 1.00 e. The zero-order chi connectivity index (χ0) is 7.82. The van der Waals surface area contributed by atoms with Gasteiger partial charge in [0.05, 0.1) is 6.61 Å². The summed E-state index contributed by atoms with van der Waals surface area (Å²) in [6, 6.07) is 0. The molecule has 0 aromatic heterocycles. The molecule has 0 radical (unpaired) electrons. The molecule has 62 valence electrons. The van der Waals surface area contributed by atoms with Crippen LogP contribution in [0, 0.1) is 0 Å². The molecule has 0 saturated heterocycles. The average molecular weight is 231 g/mol. The standard InChI is InChI=1S/C8H16O2.Rb.H/c1-3-5-6-7-8(9)10-4-2;;/h3-7H2,1-2H3;;/q;+1;-1. The van der Waals surface area contributed by atoms with E-state index in [2.05, 4.69) is 6.92 Å². The Balaban J connectivity index is -0.000000405. The molecule has 0 aromatic rings. The largest absolute Gasteiger partial charge is 1.00 e. The predicted molar refractivity (Wildman–Crippen MR) is 41.9 cm³/mol. The van der Waals surface area contributed by atoms with Crippen LogP contribution in [-0.4, -0.2) is 12.6 Å². The molecule has 0 aliphatic heterocycles. The van der Waals surface area contributed by atoms with Crippen molar-refractivity contribution < 1.29 is 69.1 Å². The first-order chi connectivity index (χ1) is 4.81. The van der Waals surface area contributed by atoms with Gasteiger partial charge in [-0.25, -0.2) is 0 Å². The minimum absolute atomic E-state index is 0. The molecule has 0 bridgehead atoms. The molecular formula is C8H17O2Rb. The summed E-state index contributed by atoms with van der Waals surface area (Å²) in [5, 5.41) is 0. The van der Waals surface area contributed by atoms with Crippen molar-refractivity contribution >= 4 is 5.97 Å². The fourth-order valence-electron chi connectivity index (χ4n) is 0.752. The first kappa shape index (κ1) is 14.8. The molecule has 0 heterocycles. The molecule has 0 aliphatic rings. The number of carbonyl (C=O) groups excluding carboxylic acids is 1. The van der Waals surface area contributed by atoms with Crippen LogP contribution in [0.5, 0.6) is 0 Å². The molecule has 0 spiro atoms. The molecule has 0 atom stereocenters. The molecule has 3 heteroatoms. The van der Waals surface area contributed by atoms with Crippen molar-refractivity contribution in [3.05, 3.63) is 0 Å². The van der Waals surface area contributed by atoms with Crippen molar-refractivity contribution in [3.63, 3.8) is 0 Å². The van der Waals surface area contributed by atoms with Crippen LogP contribution in [0.2, 0.25) is 0 Å². The first-order valence-corrected chi connectivity index (χ1v) is 3.96. The van der Waals surface area contributed by atoms with Crippen LogP contribution in [-0.2, 0) is 9.53 Å². The van der Waals surface area contributed by atoms with Gasteiger partial charge in [-0.05, 0) is 13.3 Å². The average Bonchev–Trinajstić information content (AvgIpc) is 1.89. The minimum atomic E-state index is -0.0593. The Morgan fingerprint density at radius 3 is 2.45 bits per heavy atom. The van der Waals surface area contributed by atoms with Gasteiger partial charge in [0.25, 0.3) is 0 Å². The Kier molecular flexibility index (Phi) is 15.2. The SMILES string of the molecule is CCCCCC(=O)OCC.[H-].[Rb+]. The minimum Gasteiger partial charge on any atom is -1.00 e. The van der Waals surface area contributed by atoms with Crippen molar-refractivity contribution in [2.45, 2.75) is 39.5 Å². The second-order valence-electron chi connectivity index (χ2n) is 2.26. The Bertz CT molecular complexity index is 99.1. The molecule has 0 aliphatic carbocycles. The summed E-state index contributed by atoms with van der Waals surface area (Å²) < 4.78 is 4.75. The van der Waals surface area contributed by atoms with Crippen molar-refractivity contribution in [2.24, 2.45) is 0 Å². The summed E-state index contributed by atoms with van der Waals surface area (Å²) in [5.74, 6) is -0.0593. The van der Waals surface area contributed by atoms with Crippen LogP contribution in [0.4, 0.5) is 0 Å². The predicted octanol–water partition coefficient (Wildman–Crippen LogP) is -0.754. The van der Waals surface area contributed by atoms with E-state index in [4.69, 9.17) is 4.74 Å². The molecule has 0 saturated carbocycles. The van der Waals surface area contributed by atoms with Gasteiger partial charge < -0.3 is 6.16 Å². The molecule has 2 nitrogen and oxygen atoms in total. The van der Waals surface area contributed by atoms with Crippen molar-refractivity contribution in [1.29, 1.82) is 0 Å². The molecule has 0 rings (SSSR count). The number of hydrogen-bond acceptors (Lipinski definition) is 2. The quantitative estimate of drug-likeness (QED) is 0.459. The van der Waals surface area contributed by atoms with Gasteiger partial charge in [-0.2, -0.15) is 0 Å². The van der Waals surface area contributed by atoms with Gasteiger partial charge in [0.1, 0.15) is 0 Å². The molecule has 0 aromatic carbocycles. The summed E-state index contributed by atoms with van der Waals surface area (Å²) in [4.78, 5) is 10.7. The third kappa shape index (κ3) is 11.3. The number of hydrogen-bond donors (Lipinski definition) is 0. The summed E-state index contributed by atoms with van der Waals surface area (Å²) in [5.41, 5.74) is 0. The first-order valence-electron chi connectivity index (χ1n) is 3.96. The second-order valence-corrected chi connectivity index (χ2v) is 2.26. The van der Waals surface area contributed by atoms with E-state index in [0.717, 1.165) is 19.3 Å². The third-order valence-corrected chi connectivity index (χ3v) is 1.29. The Hall–Kier alpha value is 1.28. The number of rotatable bonds is 5. The number of carbonyl (C=O) groups is 1. The van der Waals surface area contributed by atoms with Crippen LogP contribution >= 0.6 is 0 Å². The maximum absolute atomic E-state index is 10.7. The van der Waals surface area contributed by atoms with Gasteiger partial charge in [0, 0.05) is 6.42 Å². The third-order valence-electron chi connectivity index (χ3n) is 1.29. The van der Waals surface area contributed by atoms with Gasteiger partial charge in [-0.3, -0.25) is 4.79 Å². The van der Waals surface area contributed by atoms with Crippen LogP contribution in [0.25, 0.3) is 0 Å². The smallest absolute Gasteiger partial charge is 1.00 e. The topological polar surface area (TPSA) is 26.3 Å². The van der Waals surface area contributed by atoms with E-state index >= 15 is 0 Å². The second kappa shape index (κ2) is 11.3. The van der Waals surface area contributed by atoms with E-state index in [1.54, 1.807) is 0 Å². The normalized spacial score (nSPS) is 8.55. The van der Waals surface area contributed by atoms with Crippen molar-refractivity contribution in [3.8, 4) is 0 Å². The van der Waals surface area contributed by atoms with Gasteiger partial charge in [0.15, 0.2) is 0 Å². The molecule has 0 fully saturated rings. The molecule has 11 heavy (non-hydrogen) atoms. The van der Waals surface area contributed by atoms with Crippen LogP contribution in [0.15, 0.2) is 0 Å². The van der Waals surface area contributed by atoms with Gasteiger partial charge >= 0.3 is 64.2 Å². The van der Waals surface area contributed by atoms with E-state index in [-0.39, 0.29) is 65.6 Å². The van der Waals surface area contributed by atoms with E-state index in [9.17, 15) is 4.79 Å². The fourth-order valence-corrected chi connectivity index (χ4v) is 0.752. The summed E-state index contributed by atoms with van der Waals surface area (Å²) in [6.07, 6.45) is 3.83. The summed E-state index contributed by atoms with van der Waals surface area (Å²) in [7, 11) is 0.